The number of carbonyl (C=O) groups is 1. The smallest absolute Gasteiger partial charge is 0.252 e. The average Bonchev–Trinajstić information content (AvgIpc) is 3.24. The number of carbonyl (C=O) groups excluding carboxylic acids is 1. The maximum Gasteiger partial charge on any atom is 0.252 e. The second-order valence-corrected chi connectivity index (χ2v) is 8.27. The number of fused-ring (bicyclic) bond motifs is 1. The van der Waals surface area contributed by atoms with Gasteiger partial charge in [-0.2, -0.15) is 5.10 Å². The zero-order valence-electron chi connectivity index (χ0n) is 16.7. The van der Waals surface area contributed by atoms with Crippen molar-refractivity contribution in [1.29, 1.82) is 0 Å². The third-order valence-electron chi connectivity index (χ3n) is 5.49. The zero-order valence-corrected chi connectivity index (χ0v) is 18.2. The second-order valence-electron chi connectivity index (χ2n) is 7.48. The molecule has 3 heterocycles. The quantitative estimate of drug-likeness (QED) is 0.558. The highest BCUT2D eigenvalue weighted by Gasteiger charge is 2.19. The van der Waals surface area contributed by atoms with E-state index in [0.29, 0.717) is 22.2 Å². The van der Waals surface area contributed by atoms with E-state index in [2.05, 4.69) is 20.2 Å². The fraction of sp³-hybridized carbons (Fsp3) is 0.364. The van der Waals surface area contributed by atoms with Crippen molar-refractivity contribution in [2.24, 2.45) is 0 Å². The fourth-order valence-electron chi connectivity index (χ4n) is 3.76. The molecule has 1 aliphatic heterocycles. The van der Waals surface area contributed by atoms with Crippen molar-refractivity contribution in [3.05, 3.63) is 64.4 Å². The van der Waals surface area contributed by atoms with Crippen LogP contribution in [0.1, 0.15) is 23.2 Å². The minimum Gasteiger partial charge on any atom is -0.368 e. The molecule has 0 atom stereocenters. The number of nitrogens with one attached hydrogen (secondary N) is 1. The Morgan fingerprint density at radius 1 is 1.03 bits per heavy atom. The summed E-state index contributed by atoms with van der Waals surface area (Å²) in [6.45, 7) is 5.58. The van der Waals surface area contributed by atoms with Crippen molar-refractivity contribution in [3.8, 4) is 0 Å². The van der Waals surface area contributed by atoms with Crippen LogP contribution >= 0.6 is 23.2 Å². The van der Waals surface area contributed by atoms with Crippen LogP contribution in [0.3, 0.4) is 0 Å². The van der Waals surface area contributed by atoms with Crippen molar-refractivity contribution in [2.45, 2.75) is 12.8 Å². The van der Waals surface area contributed by atoms with Gasteiger partial charge in [0.1, 0.15) is 0 Å². The van der Waals surface area contributed by atoms with Crippen LogP contribution in [0.25, 0.3) is 5.52 Å². The maximum atomic E-state index is 12.3. The second kappa shape index (κ2) is 9.69. The molecule has 3 aromatic rings. The standard InChI is InChI=1S/C22H25Cl2N5O/c23-19-4-3-5-20(21(19)24)28-14-12-27(13-15-28)11-2-1-9-25-22(30)17-6-7-18-8-10-26-29(18)16-17/h3-8,10,16H,1-2,9,11-15H2,(H,25,30). The summed E-state index contributed by atoms with van der Waals surface area (Å²) in [6, 6.07) is 11.4. The van der Waals surface area contributed by atoms with E-state index in [1.807, 2.05) is 36.4 Å². The molecule has 4 rings (SSSR count). The van der Waals surface area contributed by atoms with Crippen LogP contribution in [-0.2, 0) is 0 Å². The molecule has 6 nitrogen and oxygen atoms in total. The van der Waals surface area contributed by atoms with Gasteiger partial charge in [0.15, 0.2) is 0 Å². The monoisotopic (exact) mass is 445 g/mol. The minimum absolute atomic E-state index is 0.0561. The van der Waals surface area contributed by atoms with Crippen molar-refractivity contribution in [2.75, 3.05) is 44.2 Å². The summed E-state index contributed by atoms with van der Waals surface area (Å²) in [7, 11) is 0. The van der Waals surface area contributed by atoms with Crippen LogP contribution in [0, 0.1) is 0 Å². The Morgan fingerprint density at radius 2 is 1.87 bits per heavy atom. The fourth-order valence-corrected chi connectivity index (χ4v) is 4.18. The van der Waals surface area contributed by atoms with Gasteiger partial charge in [-0.1, -0.05) is 29.3 Å². The molecule has 1 N–H and O–H groups in total. The Morgan fingerprint density at radius 3 is 2.70 bits per heavy atom. The van der Waals surface area contributed by atoms with Crippen LogP contribution < -0.4 is 10.2 Å². The summed E-state index contributed by atoms with van der Waals surface area (Å²) in [4.78, 5) is 17.1. The molecule has 0 unspecified atom stereocenters. The lowest BCUT2D eigenvalue weighted by Gasteiger charge is -2.36. The SMILES string of the molecule is O=C(NCCCCN1CCN(c2cccc(Cl)c2Cl)CC1)c1ccc2ccnn2c1. The number of pyridine rings is 1. The first kappa shape index (κ1) is 21.0. The summed E-state index contributed by atoms with van der Waals surface area (Å²) in [6.07, 6.45) is 5.49. The first-order chi connectivity index (χ1) is 14.6. The first-order valence-electron chi connectivity index (χ1n) is 10.2. The number of anilines is 1. The molecule has 0 spiro atoms. The van der Waals surface area contributed by atoms with Crippen molar-refractivity contribution < 1.29 is 4.79 Å². The topological polar surface area (TPSA) is 52.9 Å². The van der Waals surface area contributed by atoms with Gasteiger partial charge >= 0.3 is 0 Å². The Hall–Kier alpha value is -2.28. The molecule has 1 aromatic carbocycles. The maximum absolute atomic E-state index is 12.3. The number of aromatic nitrogens is 2. The number of hydrogen-bond acceptors (Lipinski definition) is 4. The summed E-state index contributed by atoms with van der Waals surface area (Å²) in [5.41, 5.74) is 2.62. The molecule has 30 heavy (non-hydrogen) atoms. The van der Waals surface area contributed by atoms with E-state index in [4.69, 9.17) is 23.2 Å². The van der Waals surface area contributed by atoms with Crippen molar-refractivity contribution >= 4 is 40.3 Å². The number of amides is 1. The van der Waals surface area contributed by atoms with Crippen molar-refractivity contribution in [1.82, 2.24) is 19.8 Å². The van der Waals surface area contributed by atoms with Crippen LogP contribution in [-0.4, -0.2) is 59.7 Å². The molecular formula is C22H25Cl2N5O. The summed E-state index contributed by atoms with van der Waals surface area (Å²) < 4.78 is 1.71. The number of nitrogens with zero attached hydrogens (tertiary/aromatic N) is 4. The lowest BCUT2D eigenvalue weighted by atomic mass is 10.2. The van der Waals surface area contributed by atoms with Crippen LogP contribution in [0.15, 0.2) is 48.8 Å². The van der Waals surface area contributed by atoms with E-state index in [1.165, 1.54) is 0 Å². The molecule has 1 saturated heterocycles. The molecule has 0 radical (unpaired) electrons. The lowest BCUT2D eigenvalue weighted by molar-refractivity contribution is 0.0952. The van der Waals surface area contributed by atoms with Crippen LogP contribution in [0.5, 0.6) is 0 Å². The molecule has 0 aliphatic carbocycles. The summed E-state index contributed by atoms with van der Waals surface area (Å²) >= 11 is 12.5. The highest BCUT2D eigenvalue weighted by Crippen LogP contribution is 2.32. The van der Waals surface area contributed by atoms with E-state index < -0.39 is 0 Å². The zero-order chi connectivity index (χ0) is 20.9. The van der Waals surface area contributed by atoms with Crippen LogP contribution in [0.2, 0.25) is 10.0 Å². The van der Waals surface area contributed by atoms with Crippen LogP contribution in [0.4, 0.5) is 5.69 Å². The van der Waals surface area contributed by atoms with E-state index >= 15 is 0 Å². The molecule has 158 valence electrons. The van der Waals surface area contributed by atoms with Crippen molar-refractivity contribution in [3.63, 3.8) is 0 Å². The molecular weight excluding hydrogens is 421 g/mol. The van der Waals surface area contributed by atoms with Gasteiger partial charge in [-0.05, 0) is 49.7 Å². The normalized spacial score (nSPS) is 14.9. The van der Waals surface area contributed by atoms with Gasteiger partial charge in [0.25, 0.3) is 5.91 Å². The number of halogens is 2. The third-order valence-corrected chi connectivity index (χ3v) is 6.30. The Balaban J connectivity index is 1.15. The van der Waals surface area contributed by atoms with E-state index in [0.717, 1.165) is 56.8 Å². The highest BCUT2D eigenvalue weighted by atomic mass is 35.5. The van der Waals surface area contributed by atoms with Gasteiger partial charge < -0.3 is 10.2 Å². The largest absolute Gasteiger partial charge is 0.368 e. The van der Waals surface area contributed by atoms with Gasteiger partial charge in [0.05, 0.1) is 26.8 Å². The van der Waals surface area contributed by atoms with Gasteiger partial charge in [0.2, 0.25) is 0 Å². The molecule has 1 fully saturated rings. The minimum atomic E-state index is -0.0561. The molecule has 0 saturated carbocycles. The molecule has 1 amide bonds. The van der Waals surface area contributed by atoms with Gasteiger partial charge in [0, 0.05) is 45.1 Å². The Bertz CT molecular complexity index is 1010. The predicted octanol–water partition coefficient (Wildman–Crippen LogP) is 3.97. The van der Waals surface area contributed by atoms with E-state index in [1.54, 1.807) is 16.9 Å². The summed E-state index contributed by atoms with van der Waals surface area (Å²) in [5.74, 6) is -0.0561. The Kier molecular flexibility index (Phi) is 6.77. The molecule has 8 heteroatoms. The molecule has 2 aromatic heterocycles. The third kappa shape index (κ3) is 4.89. The number of hydrogen-bond donors (Lipinski definition) is 1. The van der Waals surface area contributed by atoms with Gasteiger partial charge in [-0.15, -0.1) is 0 Å². The molecule has 0 bridgehead atoms. The average molecular weight is 446 g/mol. The first-order valence-corrected chi connectivity index (χ1v) is 11.0. The Labute approximate surface area is 186 Å². The predicted molar refractivity (Wildman–Crippen MR) is 122 cm³/mol. The van der Waals surface area contributed by atoms with Gasteiger partial charge in [-0.25, -0.2) is 4.52 Å². The van der Waals surface area contributed by atoms with E-state index in [9.17, 15) is 4.79 Å². The van der Waals surface area contributed by atoms with E-state index in [-0.39, 0.29) is 5.91 Å². The number of benzene rings is 1. The number of unbranched alkanes of at least 4 members (excludes halogenated alkanes) is 1. The molecule has 1 aliphatic rings. The lowest BCUT2D eigenvalue weighted by Crippen LogP contribution is -2.46. The number of rotatable bonds is 7. The van der Waals surface area contributed by atoms with Gasteiger partial charge in [-0.3, -0.25) is 9.69 Å². The number of piperazine rings is 1. The summed E-state index contributed by atoms with van der Waals surface area (Å²) in [5, 5.41) is 8.40. The highest BCUT2D eigenvalue weighted by molar-refractivity contribution is 6.43.